The van der Waals surface area contributed by atoms with E-state index in [4.69, 9.17) is 10.5 Å². The fourth-order valence-electron chi connectivity index (χ4n) is 4.12. The molecular weight excluding hydrogens is 488 g/mol. The average Bonchev–Trinajstić information content (AvgIpc) is 3.70. The van der Waals surface area contributed by atoms with Crippen molar-refractivity contribution >= 4 is 23.4 Å². The van der Waals surface area contributed by atoms with Gasteiger partial charge in [-0.05, 0) is 43.0 Å². The summed E-state index contributed by atoms with van der Waals surface area (Å²) in [5.74, 6) is -0.753. The number of anilines is 1. The van der Waals surface area contributed by atoms with Gasteiger partial charge in [-0.3, -0.25) is 14.4 Å². The van der Waals surface area contributed by atoms with E-state index in [1.165, 1.54) is 24.0 Å². The number of rotatable bonds is 10. The molecule has 1 aromatic heterocycles. The van der Waals surface area contributed by atoms with Crippen molar-refractivity contribution in [3.8, 4) is 11.5 Å². The highest BCUT2D eigenvalue weighted by molar-refractivity contribution is 5.91. The molecule has 12 heteroatoms. The van der Waals surface area contributed by atoms with E-state index < -0.39 is 24.5 Å². The van der Waals surface area contributed by atoms with Crippen LogP contribution in [0.3, 0.4) is 0 Å². The molecule has 2 heterocycles. The minimum Gasteiger partial charge on any atom is -0.489 e. The lowest BCUT2D eigenvalue weighted by atomic mass is 10.1. The van der Waals surface area contributed by atoms with Crippen LogP contribution in [-0.2, 0) is 16.1 Å². The van der Waals surface area contributed by atoms with Crippen LogP contribution in [-0.4, -0.2) is 66.5 Å². The first kappa shape index (κ1) is 26.1. The Morgan fingerprint density at radius 2 is 1.95 bits per heavy atom. The lowest BCUT2D eigenvalue weighted by molar-refractivity contribution is -0.139. The Morgan fingerprint density at radius 3 is 2.62 bits per heavy atom. The van der Waals surface area contributed by atoms with E-state index in [9.17, 15) is 23.2 Å². The second-order valence-electron chi connectivity index (χ2n) is 9.03. The second kappa shape index (κ2) is 11.4. The third-order valence-corrected chi connectivity index (χ3v) is 6.27. The maximum atomic E-state index is 13.1. The zero-order valence-electron chi connectivity index (χ0n) is 20.4. The molecular formula is C25H29F2N5O5. The molecule has 1 saturated carbocycles. The van der Waals surface area contributed by atoms with Crippen molar-refractivity contribution in [3.05, 3.63) is 47.8 Å². The Morgan fingerprint density at radius 1 is 1.16 bits per heavy atom. The summed E-state index contributed by atoms with van der Waals surface area (Å²) in [5.41, 5.74) is 6.45. The number of hydrogen-bond acceptors (Lipinski definition) is 7. The van der Waals surface area contributed by atoms with Gasteiger partial charge in [0.15, 0.2) is 11.5 Å². The van der Waals surface area contributed by atoms with E-state index in [2.05, 4.69) is 15.0 Å². The third-order valence-electron chi connectivity index (χ3n) is 6.27. The van der Waals surface area contributed by atoms with Gasteiger partial charge in [0.25, 0.3) is 5.91 Å². The number of ether oxygens (including phenoxy) is 2. The highest BCUT2D eigenvalue weighted by Crippen LogP contribution is 2.36. The third kappa shape index (κ3) is 6.83. The predicted molar refractivity (Wildman–Crippen MR) is 129 cm³/mol. The van der Waals surface area contributed by atoms with Crippen LogP contribution in [0.25, 0.3) is 0 Å². The molecule has 1 atom stereocenters. The summed E-state index contributed by atoms with van der Waals surface area (Å²) in [4.78, 5) is 44.3. The molecule has 3 amide bonds. The van der Waals surface area contributed by atoms with Crippen LogP contribution in [0.2, 0.25) is 0 Å². The SMILES string of the molecule is CC(=O)N1CCN(c2ccc(OC(F)F)c(OCC3CC3)c2)CC1C(=O)NCc1cccc(C(N)=O)n1. The molecule has 0 spiro atoms. The number of pyridine rings is 1. The Kier molecular flexibility index (Phi) is 8.04. The Balaban J connectivity index is 1.48. The number of amides is 3. The van der Waals surface area contributed by atoms with Gasteiger partial charge in [0, 0.05) is 38.3 Å². The largest absolute Gasteiger partial charge is 0.489 e. The summed E-state index contributed by atoms with van der Waals surface area (Å²) < 4.78 is 36.2. The molecule has 2 fully saturated rings. The monoisotopic (exact) mass is 517 g/mol. The van der Waals surface area contributed by atoms with Gasteiger partial charge in [-0.15, -0.1) is 0 Å². The van der Waals surface area contributed by atoms with Gasteiger partial charge in [-0.1, -0.05) is 6.07 Å². The normalized spacial score (nSPS) is 17.5. The van der Waals surface area contributed by atoms with Gasteiger partial charge in [0.2, 0.25) is 11.8 Å². The van der Waals surface area contributed by atoms with Gasteiger partial charge < -0.3 is 30.3 Å². The van der Waals surface area contributed by atoms with Crippen LogP contribution in [0.1, 0.15) is 35.9 Å². The van der Waals surface area contributed by atoms with E-state index in [1.807, 2.05) is 4.90 Å². The van der Waals surface area contributed by atoms with E-state index in [-0.39, 0.29) is 42.7 Å². The minimum atomic E-state index is -2.99. The van der Waals surface area contributed by atoms with Crippen LogP contribution in [0.4, 0.5) is 14.5 Å². The van der Waals surface area contributed by atoms with Crippen molar-refractivity contribution < 1.29 is 32.6 Å². The molecule has 10 nitrogen and oxygen atoms in total. The summed E-state index contributed by atoms with van der Waals surface area (Å²) in [5, 5.41) is 2.77. The summed E-state index contributed by atoms with van der Waals surface area (Å²) in [6, 6.07) is 8.60. The number of primary amides is 1. The predicted octanol–water partition coefficient (Wildman–Crippen LogP) is 1.92. The fourth-order valence-corrected chi connectivity index (χ4v) is 4.12. The van der Waals surface area contributed by atoms with Crippen LogP contribution in [0, 0.1) is 5.92 Å². The highest BCUT2D eigenvalue weighted by Gasteiger charge is 2.34. The molecule has 4 rings (SSSR count). The van der Waals surface area contributed by atoms with Crippen molar-refractivity contribution in [1.82, 2.24) is 15.2 Å². The zero-order valence-corrected chi connectivity index (χ0v) is 20.4. The van der Waals surface area contributed by atoms with E-state index in [0.717, 1.165) is 12.8 Å². The van der Waals surface area contributed by atoms with Crippen molar-refractivity contribution in [3.63, 3.8) is 0 Å². The molecule has 1 aliphatic heterocycles. The number of hydrogen-bond donors (Lipinski definition) is 2. The molecule has 1 aliphatic carbocycles. The zero-order chi connectivity index (χ0) is 26.5. The molecule has 198 valence electrons. The number of nitrogens with one attached hydrogen (secondary N) is 1. The number of carbonyl (C=O) groups is 3. The first-order valence-corrected chi connectivity index (χ1v) is 12.0. The first-order valence-electron chi connectivity index (χ1n) is 12.0. The van der Waals surface area contributed by atoms with Gasteiger partial charge in [-0.25, -0.2) is 4.98 Å². The number of nitrogens with two attached hydrogens (primary N) is 1. The molecule has 0 bridgehead atoms. The number of alkyl halides is 2. The molecule has 3 N–H and O–H groups in total. The van der Waals surface area contributed by atoms with Crippen molar-refractivity contribution in [2.45, 2.75) is 39.0 Å². The highest BCUT2D eigenvalue weighted by atomic mass is 19.3. The van der Waals surface area contributed by atoms with Crippen LogP contribution in [0.15, 0.2) is 36.4 Å². The summed E-state index contributed by atoms with van der Waals surface area (Å²) in [7, 11) is 0. The van der Waals surface area contributed by atoms with Crippen LogP contribution >= 0.6 is 0 Å². The van der Waals surface area contributed by atoms with Gasteiger partial charge in [-0.2, -0.15) is 8.78 Å². The molecule has 1 saturated heterocycles. The number of carbonyl (C=O) groups excluding carboxylic acids is 3. The molecule has 0 radical (unpaired) electrons. The van der Waals surface area contributed by atoms with Crippen molar-refractivity contribution in [2.24, 2.45) is 11.7 Å². The van der Waals surface area contributed by atoms with Gasteiger partial charge >= 0.3 is 6.61 Å². The number of benzene rings is 1. The van der Waals surface area contributed by atoms with Gasteiger partial charge in [0.05, 0.1) is 18.8 Å². The Bertz CT molecular complexity index is 1160. The standard InChI is InChI=1S/C25H29F2N5O5/c1-15(33)32-10-9-31(13-20(32)24(35)29-12-17-3-2-4-19(30-17)23(28)34)18-7-8-21(37-25(26)27)22(11-18)36-14-16-5-6-16/h2-4,7-8,11,16,20,25H,5-6,9-10,12-14H2,1H3,(H2,28,34)(H,29,35). The summed E-state index contributed by atoms with van der Waals surface area (Å²) in [6.45, 7) is -0.234. The van der Waals surface area contributed by atoms with E-state index in [0.29, 0.717) is 30.5 Å². The lowest BCUT2D eigenvalue weighted by Gasteiger charge is -2.41. The average molecular weight is 518 g/mol. The molecule has 1 aromatic carbocycles. The topological polar surface area (TPSA) is 127 Å². The van der Waals surface area contributed by atoms with Crippen molar-refractivity contribution in [1.29, 1.82) is 0 Å². The Labute approximate surface area is 212 Å². The van der Waals surface area contributed by atoms with Crippen LogP contribution in [0.5, 0.6) is 11.5 Å². The lowest BCUT2D eigenvalue weighted by Crippen LogP contribution is -2.60. The van der Waals surface area contributed by atoms with E-state index >= 15 is 0 Å². The molecule has 1 unspecified atom stereocenters. The van der Waals surface area contributed by atoms with Gasteiger partial charge in [0.1, 0.15) is 11.7 Å². The first-order chi connectivity index (χ1) is 17.7. The number of nitrogens with zero attached hydrogens (tertiary/aromatic N) is 3. The number of aromatic nitrogens is 1. The summed E-state index contributed by atoms with van der Waals surface area (Å²) in [6.07, 6.45) is 2.08. The Hall–Kier alpha value is -3.96. The summed E-state index contributed by atoms with van der Waals surface area (Å²) >= 11 is 0. The second-order valence-corrected chi connectivity index (χ2v) is 9.03. The van der Waals surface area contributed by atoms with E-state index in [1.54, 1.807) is 24.3 Å². The quantitative estimate of drug-likeness (QED) is 0.493. The molecule has 2 aromatic rings. The van der Waals surface area contributed by atoms with Crippen molar-refractivity contribution in [2.75, 3.05) is 31.1 Å². The maximum absolute atomic E-state index is 13.1. The molecule has 2 aliphatic rings. The minimum absolute atomic E-state index is 0.0427. The number of halogens is 2. The molecule has 37 heavy (non-hydrogen) atoms. The number of piperazine rings is 1. The van der Waals surface area contributed by atoms with Crippen LogP contribution < -0.4 is 25.4 Å². The smallest absolute Gasteiger partial charge is 0.387 e. The fraction of sp³-hybridized carbons (Fsp3) is 0.440. The maximum Gasteiger partial charge on any atom is 0.387 e.